The van der Waals surface area contributed by atoms with Gasteiger partial charge in [-0.1, -0.05) is 19.3 Å². The Kier molecular flexibility index (Phi) is 5.44. The van der Waals surface area contributed by atoms with E-state index < -0.39 is 11.5 Å². The molecule has 2 aliphatic rings. The van der Waals surface area contributed by atoms with Crippen molar-refractivity contribution < 1.29 is 14.6 Å². The van der Waals surface area contributed by atoms with Crippen molar-refractivity contribution in [1.82, 2.24) is 5.32 Å². The summed E-state index contributed by atoms with van der Waals surface area (Å²) in [5, 5.41) is 12.7. The summed E-state index contributed by atoms with van der Waals surface area (Å²) >= 11 is 0. The standard InChI is InChI=1S/C16H29NO3/c1-12(20-11-13-6-4-3-5-7-13)10-16(2,15(18)19)17-14-8-9-14/h12-14,17H,3-11H2,1-2H3,(H,18,19). The Bertz CT molecular complexity index is 324. The molecule has 0 heterocycles. The lowest BCUT2D eigenvalue weighted by Gasteiger charge is -2.30. The van der Waals surface area contributed by atoms with Gasteiger partial charge in [0.15, 0.2) is 0 Å². The number of carboxylic acid groups (broad SMARTS) is 1. The maximum absolute atomic E-state index is 11.5. The highest BCUT2D eigenvalue weighted by Gasteiger charge is 2.39. The van der Waals surface area contributed by atoms with Crippen molar-refractivity contribution in [3.63, 3.8) is 0 Å². The molecule has 0 aromatic rings. The second kappa shape index (κ2) is 6.90. The molecule has 0 aromatic heterocycles. The molecular formula is C16H29NO3. The fraction of sp³-hybridized carbons (Fsp3) is 0.938. The Morgan fingerprint density at radius 3 is 2.50 bits per heavy atom. The smallest absolute Gasteiger partial charge is 0.323 e. The molecule has 0 aliphatic heterocycles. The lowest BCUT2D eigenvalue weighted by Crippen LogP contribution is -2.52. The van der Waals surface area contributed by atoms with E-state index in [9.17, 15) is 9.90 Å². The zero-order valence-electron chi connectivity index (χ0n) is 12.9. The Morgan fingerprint density at radius 1 is 1.30 bits per heavy atom. The minimum Gasteiger partial charge on any atom is -0.480 e. The minimum atomic E-state index is -0.854. The molecule has 2 atom stereocenters. The van der Waals surface area contributed by atoms with E-state index in [-0.39, 0.29) is 6.10 Å². The number of carboxylic acids is 1. The largest absolute Gasteiger partial charge is 0.480 e. The zero-order valence-corrected chi connectivity index (χ0v) is 12.9. The molecule has 0 radical (unpaired) electrons. The third kappa shape index (κ3) is 4.74. The third-order valence-corrected chi connectivity index (χ3v) is 4.61. The van der Waals surface area contributed by atoms with Crippen LogP contribution in [0.4, 0.5) is 0 Å². The molecule has 2 saturated carbocycles. The van der Waals surface area contributed by atoms with E-state index in [0.717, 1.165) is 19.4 Å². The first-order valence-corrected chi connectivity index (χ1v) is 8.12. The van der Waals surface area contributed by atoms with E-state index in [0.29, 0.717) is 18.4 Å². The highest BCUT2D eigenvalue weighted by molar-refractivity contribution is 5.78. The van der Waals surface area contributed by atoms with Gasteiger partial charge in [-0.2, -0.15) is 0 Å². The van der Waals surface area contributed by atoms with Gasteiger partial charge in [0.2, 0.25) is 0 Å². The van der Waals surface area contributed by atoms with Gasteiger partial charge in [0, 0.05) is 19.1 Å². The first-order valence-electron chi connectivity index (χ1n) is 8.12. The van der Waals surface area contributed by atoms with Gasteiger partial charge < -0.3 is 9.84 Å². The van der Waals surface area contributed by atoms with Crippen molar-refractivity contribution in [3.05, 3.63) is 0 Å². The molecule has 116 valence electrons. The van der Waals surface area contributed by atoms with Crippen LogP contribution in [0.1, 0.15) is 65.2 Å². The number of rotatable bonds is 8. The molecule has 0 bridgehead atoms. The predicted octanol–water partition coefficient (Wildman–Crippen LogP) is 2.96. The monoisotopic (exact) mass is 283 g/mol. The molecule has 2 N–H and O–H groups in total. The van der Waals surface area contributed by atoms with Gasteiger partial charge in [0.1, 0.15) is 5.54 Å². The van der Waals surface area contributed by atoms with Gasteiger partial charge in [0.25, 0.3) is 0 Å². The highest BCUT2D eigenvalue weighted by atomic mass is 16.5. The summed E-state index contributed by atoms with van der Waals surface area (Å²) in [6.07, 6.45) is 9.24. The maximum atomic E-state index is 11.5. The fourth-order valence-corrected chi connectivity index (χ4v) is 3.17. The van der Waals surface area contributed by atoms with Crippen LogP contribution in [0.25, 0.3) is 0 Å². The summed E-state index contributed by atoms with van der Waals surface area (Å²) in [7, 11) is 0. The van der Waals surface area contributed by atoms with Gasteiger partial charge in [-0.3, -0.25) is 10.1 Å². The average molecular weight is 283 g/mol. The van der Waals surface area contributed by atoms with Crippen LogP contribution in [0, 0.1) is 5.92 Å². The first-order chi connectivity index (χ1) is 9.49. The average Bonchev–Trinajstić information content (AvgIpc) is 3.21. The van der Waals surface area contributed by atoms with Gasteiger partial charge >= 0.3 is 5.97 Å². The van der Waals surface area contributed by atoms with Crippen molar-refractivity contribution >= 4 is 5.97 Å². The number of nitrogens with one attached hydrogen (secondary N) is 1. The Labute approximate surface area is 122 Å². The normalized spacial score (nSPS) is 25.1. The van der Waals surface area contributed by atoms with Gasteiger partial charge in [0.05, 0.1) is 6.10 Å². The molecule has 0 amide bonds. The number of hydrogen-bond donors (Lipinski definition) is 2. The van der Waals surface area contributed by atoms with Crippen molar-refractivity contribution in [2.45, 2.75) is 82.9 Å². The molecule has 20 heavy (non-hydrogen) atoms. The van der Waals surface area contributed by atoms with Crippen LogP contribution >= 0.6 is 0 Å². The van der Waals surface area contributed by atoms with E-state index >= 15 is 0 Å². The molecule has 0 aromatic carbocycles. The summed E-state index contributed by atoms with van der Waals surface area (Å²) in [5.41, 5.74) is -0.854. The minimum absolute atomic E-state index is 0.00993. The first kappa shape index (κ1) is 15.8. The van der Waals surface area contributed by atoms with E-state index in [1.807, 2.05) is 6.92 Å². The van der Waals surface area contributed by atoms with Crippen LogP contribution in [-0.4, -0.2) is 35.4 Å². The third-order valence-electron chi connectivity index (χ3n) is 4.61. The van der Waals surface area contributed by atoms with Crippen LogP contribution in [0.5, 0.6) is 0 Å². The SMILES string of the molecule is CC(CC(C)(NC1CC1)C(=O)O)OCC1CCCCC1. The van der Waals surface area contributed by atoms with E-state index in [4.69, 9.17) is 4.74 Å². The number of hydrogen-bond acceptors (Lipinski definition) is 3. The van der Waals surface area contributed by atoms with Crippen molar-refractivity contribution in [1.29, 1.82) is 0 Å². The van der Waals surface area contributed by atoms with Crippen LogP contribution in [0.15, 0.2) is 0 Å². The van der Waals surface area contributed by atoms with E-state index in [2.05, 4.69) is 5.32 Å². The molecule has 2 aliphatic carbocycles. The van der Waals surface area contributed by atoms with Crippen LogP contribution in [0.3, 0.4) is 0 Å². The maximum Gasteiger partial charge on any atom is 0.323 e. The number of aliphatic carboxylic acids is 1. The molecule has 0 spiro atoms. The second-order valence-electron chi connectivity index (χ2n) is 6.91. The Hall–Kier alpha value is -0.610. The van der Waals surface area contributed by atoms with Crippen molar-refractivity contribution in [2.75, 3.05) is 6.61 Å². The van der Waals surface area contributed by atoms with Gasteiger partial charge in [-0.05, 0) is 45.4 Å². The molecule has 4 heteroatoms. The van der Waals surface area contributed by atoms with Crippen LogP contribution in [0.2, 0.25) is 0 Å². The van der Waals surface area contributed by atoms with E-state index in [1.165, 1.54) is 32.1 Å². The van der Waals surface area contributed by atoms with Gasteiger partial charge in [-0.15, -0.1) is 0 Å². The second-order valence-corrected chi connectivity index (χ2v) is 6.91. The van der Waals surface area contributed by atoms with Gasteiger partial charge in [-0.25, -0.2) is 0 Å². The topological polar surface area (TPSA) is 58.6 Å². The number of ether oxygens (including phenoxy) is 1. The molecule has 4 nitrogen and oxygen atoms in total. The molecule has 2 rings (SSSR count). The summed E-state index contributed by atoms with van der Waals surface area (Å²) in [5.74, 6) is -0.0869. The summed E-state index contributed by atoms with van der Waals surface area (Å²) < 4.78 is 5.93. The summed E-state index contributed by atoms with van der Waals surface area (Å²) in [6, 6.07) is 0.390. The summed E-state index contributed by atoms with van der Waals surface area (Å²) in [4.78, 5) is 11.5. The fourth-order valence-electron chi connectivity index (χ4n) is 3.17. The Balaban J connectivity index is 1.75. The van der Waals surface area contributed by atoms with E-state index in [1.54, 1.807) is 6.92 Å². The summed E-state index contributed by atoms with van der Waals surface area (Å²) in [6.45, 7) is 4.58. The molecule has 2 unspecified atom stereocenters. The molecule has 2 fully saturated rings. The quantitative estimate of drug-likeness (QED) is 0.719. The number of carbonyl (C=O) groups is 1. The van der Waals surface area contributed by atoms with Crippen molar-refractivity contribution in [3.8, 4) is 0 Å². The molecule has 0 saturated heterocycles. The van der Waals surface area contributed by atoms with Crippen LogP contribution < -0.4 is 5.32 Å². The predicted molar refractivity (Wildman–Crippen MR) is 78.8 cm³/mol. The lowest BCUT2D eigenvalue weighted by atomic mass is 9.90. The zero-order chi connectivity index (χ0) is 14.6. The van der Waals surface area contributed by atoms with Crippen molar-refractivity contribution in [2.24, 2.45) is 5.92 Å². The Morgan fingerprint density at radius 2 is 1.95 bits per heavy atom. The molecular weight excluding hydrogens is 254 g/mol. The van der Waals surface area contributed by atoms with Crippen LogP contribution in [-0.2, 0) is 9.53 Å². The highest BCUT2D eigenvalue weighted by Crippen LogP contribution is 2.27. The lowest BCUT2D eigenvalue weighted by molar-refractivity contribution is -0.146.